The normalized spacial score (nSPS) is 13.7. The summed E-state index contributed by atoms with van der Waals surface area (Å²) in [6, 6.07) is 27.3. The molecule has 0 heteroatoms. The first-order valence-electron chi connectivity index (χ1n) is 9.34. The van der Waals surface area contributed by atoms with E-state index in [-0.39, 0.29) is 0 Å². The van der Waals surface area contributed by atoms with Gasteiger partial charge < -0.3 is 0 Å². The van der Waals surface area contributed by atoms with E-state index in [1.165, 1.54) is 53.5 Å². The molecule has 1 aliphatic rings. The zero-order valence-corrected chi connectivity index (χ0v) is 14.5. The second-order valence-electron chi connectivity index (χ2n) is 7.41. The van der Waals surface area contributed by atoms with Crippen LogP contribution in [0.4, 0.5) is 0 Å². The summed E-state index contributed by atoms with van der Waals surface area (Å²) in [5.41, 5.74) is 0. The highest BCUT2D eigenvalue weighted by molar-refractivity contribution is 6.08. The minimum Gasteiger partial charge on any atom is -0.0763 e. The summed E-state index contributed by atoms with van der Waals surface area (Å²) in [4.78, 5) is 0. The summed E-state index contributed by atoms with van der Waals surface area (Å²) < 4.78 is 0. The Hall–Kier alpha value is -3.12. The summed E-state index contributed by atoms with van der Waals surface area (Å²) in [5, 5.41) is 13.3. The van der Waals surface area contributed by atoms with Gasteiger partial charge in [-0.25, -0.2) is 0 Å². The van der Waals surface area contributed by atoms with Gasteiger partial charge in [0.05, 0.1) is 0 Å². The van der Waals surface area contributed by atoms with E-state index in [0.717, 1.165) is 12.8 Å². The Labute approximate surface area is 151 Å². The van der Waals surface area contributed by atoms with Gasteiger partial charge in [0.1, 0.15) is 0 Å². The molecule has 0 heterocycles. The second kappa shape index (κ2) is 5.19. The van der Waals surface area contributed by atoms with E-state index in [1.54, 1.807) is 0 Å². The van der Waals surface area contributed by atoms with Gasteiger partial charge in [-0.05, 0) is 115 Å². The van der Waals surface area contributed by atoms with Gasteiger partial charge in [0, 0.05) is 0 Å². The molecule has 0 saturated heterocycles. The van der Waals surface area contributed by atoms with Gasteiger partial charge >= 0.3 is 0 Å². The first kappa shape index (κ1) is 14.1. The largest absolute Gasteiger partial charge is 0.0763 e. The van der Waals surface area contributed by atoms with E-state index >= 15 is 0 Å². The maximum absolute atomic E-state index is 2.37. The van der Waals surface area contributed by atoms with Gasteiger partial charge in [-0.1, -0.05) is 36.4 Å². The van der Waals surface area contributed by atoms with E-state index in [4.69, 9.17) is 0 Å². The van der Waals surface area contributed by atoms with Crippen LogP contribution in [0, 0.1) is 0 Å². The molecule has 0 saturated carbocycles. The summed E-state index contributed by atoms with van der Waals surface area (Å²) in [6.07, 6.45) is 7.05. The number of hydrogen-bond acceptors (Lipinski definition) is 0. The number of hydrogen-bond donors (Lipinski definition) is 0. The molecule has 5 aromatic rings. The highest BCUT2D eigenvalue weighted by atomic mass is 14.1. The van der Waals surface area contributed by atoms with Crippen molar-refractivity contribution in [3.05, 3.63) is 83.2 Å². The minimum atomic E-state index is 1.16. The van der Waals surface area contributed by atoms with E-state index in [1.807, 2.05) is 0 Å². The maximum atomic E-state index is 2.37. The molecule has 6 rings (SSSR count). The van der Waals surface area contributed by atoms with Crippen LogP contribution in [0.2, 0.25) is 0 Å². The van der Waals surface area contributed by atoms with E-state index in [9.17, 15) is 0 Å². The SMILES string of the molecule is C1=c2cc3cc4cc5cc6ccccc6cc5cc4cc3cc2=CCC1. The Morgan fingerprint density at radius 1 is 0.385 bits per heavy atom. The Kier molecular flexibility index (Phi) is 2.81. The third kappa shape index (κ3) is 2.09. The van der Waals surface area contributed by atoms with Crippen molar-refractivity contribution >= 4 is 55.2 Å². The van der Waals surface area contributed by atoms with Crippen LogP contribution in [0.1, 0.15) is 12.8 Å². The van der Waals surface area contributed by atoms with Gasteiger partial charge in [0.2, 0.25) is 0 Å². The summed E-state index contributed by atoms with van der Waals surface area (Å²) in [5.74, 6) is 0. The minimum absolute atomic E-state index is 1.16. The molecule has 0 N–H and O–H groups in total. The Morgan fingerprint density at radius 2 is 0.731 bits per heavy atom. The number of benzene rings is 5. The fourth-order valence-electron chi connectivity index (χ4n) is 4.36. The van der Waals surface area contributed by atoms with Crippen LogP contribution in [0.25, 0.3) is 55.2 Å². The highest BCUT2D eigenvalue weighted by Crippen LogP contribution is 2.29. The average molecular weight is 330 g/mol. The molecule has 0 unspecified atom stereocenters. The van der Waals surface area contributed by atoms with Crippen molar-refractivity contribution < 1.29 is 0 Å². The molecule has 0 bridgehead atoms. The van der Waals surface area contributed by atoms with Crippen molar-refractivity contribution in [3.8, 4) is 0 Å². The van der Waals surface area contributed by atoms with Crippen LogP contribution in [-0.4, -0.2) is 0 Å². The number of fused-ring (bicyclic) bond motifs is 5. The quantitative estimate of drug-likeness (QED) is 0.322. The average Bonchev–Trinajstić information content (AvgIpc) is 2.67. The predicted molar refractivity (Wildman–Crippen MR) is 114 cm³/mol. The molecular weight excluding hydrogens is 312 g/mol. The second-order valence-corrected chi connectivity index (χ2v) is 7.41. The van der Waals surface area contributed by atoms with Gasteiger partial charge in [0.15, 0.2) is 0 Å². The zero-order valence-electron chi connectivity index (χ0n) is 14.5. The van der Waals surface area contributed by atoms with Crippen molar-refractivity contribution in [1.29, 1.82) is 0 Å². The molecule has 5 aromatic carbocycles. The van der Waals surface area contributed by atoms with Crippen molar-refractivity contribution in [2.75, 3.05) is 0 Å². The van der Waals surface area contributed by atoms with E-state index < -0.39 is 0 Å². The maximum Gasteiger partial charge on any atom is -0.0171 e. The van der Waals surface area contributed by atoms with Crippen LogP contribution < -0.4 is 10.4 Å². The first-order valence-corrected chi connectivity index (χ1v) is 9.34. The lowest BCUT2D eigenvalue weighted by Gasteiger charge is -2.08. The lowest BCUT2D eigenvalue weighted by Crippen LogP contribution is -2.26. The molecule has 0 aliphatic heterocycles. The molecule has 0 nitrogen and oxygen atoms in total. The monoisotopic (exact) mass is 330 g/mol. The fourth-order valence-corrected chi connectivity index (χ4v) is 4.36. The summed E-state index contributed by atoms with van der Waals surface area (Å²) in [7, 11) is 0. The van der Waals surface area contributed by atoms with Crippen LogP contribution in [0.5, 0.6) is 0 Å². The highest BCUT2D eigenvalue weighted by Gasteiger charge is 2.04. The molecular formula is C26H18. The smallest absolute Gasteiger partial charge is 0.0171 e. The topological polar surface area (TPSA) is 0 Å². The predicted octanol–water partition coefficient (Wildman–Crippen LogP) is 5.65. The molecule has 0 aromatic heterocycles. The van der Waals surface area contributed by atoms with Crippen LogP contribution in [0.3, 0.4) is 0 Å². The van der Waals surface area contributed by atoms with Crippen molar-refractivity contribution in [3.63, 3.8) is 0 Å². The van der Waals surface area contributed by atoms with Crippen LogP contribution in [0.15, 0.2) is 72.8 Å². The Balaban J connectivity index is 1.72. The third-order valence-corrected chi connectivity index (χ3v) is 5.71. The van der Waals surface area contributed by atoms with Gasteiger partial charge in [-0.15, -0.1) is 0 Å². The first-order chi connectivity index (χ1) is 12.8. The Morgan fingerprint density at radius 3 is 1.15 bits per heavy atom. The lowest BCUT2D eigenvalue weighted by molar-refractivity contribution is 1.12. The van der Waals surface area contributed by atoms with Crippen molar-refractivity contribution in [2.24, 2.45) is 0 Å². The van der Waals surface area contributed by atoms with Gasteiger partial charge in [-0.2, -0.15) is 0 Å². The van der Waals surface area contributed by atoms with Crippen molar-refractivity contribution in [2.45, 2.75) is 12.8 Å². The number of rotatable bonds is 0. The van der Waals surface area contributed by atoms with Gasteiger partial charge in [-0.3, -0.25) is 0 Å². The van der Waals surface area contributed by atoms with Crippen LogP contribution >= 0.6 is 0 Å². The Bertz CT molecular complexity index is 1360. The molecule has 1 aliphatic carbocycles. The molecule has 26 heavy (non-hydrogen) atoms. The standard InChI is InChI=1S/C26H18/c1-2-6-18-10-22-14-26-16-24-12-20-8-4-3-7-19(20)11-23(24)15-25(26)13-21(22)9-17(18)5-1/h1-2,5-16H,3-4H2. The lowest BCUT2D eigenvalue weighted by atomic mass is 9.96. The molecule has 0 atom stereocenters. The van der Waals surface area contributed by atoms with Crippen LogP contribution in [-0.2, 0) is 0 Å². The molecule has 0 radical (unpaired) electrons. The molecule has 0 spiro atoms. The summed E-state index contributed by atoms with van der Waals surface area (Å²) >= 11 is 0. The van der Waals surface area contributed by atoms with E-state index in [0.29, 0.717) is 0 Å². The molecule has 0 amide bonds. The van der Waals surface area contributed by atoms with Gasteiger partial charge in [0.25, 0.3) is 0 Å². The van der Waals surface area contributed by atoms with E-state index in [2.05, 4.69) is 84.9 Å². The zero-order chi connectivity index (χ0) is 17.1. The third-order valence-electron chi connectivity index (χ3n) is 5.71. The van der Waals surface area contributed by atoms with Crippen molar-refractivity contribution in [1.82, 2.24) is 0 Å². The molecule has 122 valence electrons. The summed E-state index contributed by atoms with van der Waals surface area (Å²) in [6.45, 7) is 0. The molecule has 0 fully saturated rings. The fraction of sp³-hybridized carbons (Fsp3) is 0.0769.